The quantitative estimate of drug-likeness (QED) is 0.156. The van der Waals surface area contributed by atoms with Crippen molar-refractivity contribution in [3.05, 3.63) is 231 Å². The Morgan fingerprint density at radius 1 is 0.311 bits per heavy atom. The normalized spacial score (nSPS) is 11.6. The molecule has 0 bridgehead atoms. The molecule has 0 aliphatic heterocycles. The van der Waals surface area contributed by atoms with Crippen molar-refractivity contribution in [2.45, 2.75) is 0 Å². The summed E-state index contributed by atoms with van der Waals surface area (Å²) < 4.78 is 5.01. The molecule has 0 spiro atoms. The highest BCUT2D eigenvalue weighted by Crippen LogP contribution is 2.47. The Labute approximate surface area is 358 Å². The van der Waals surface area contributed by atoms with E-state index in [1.54, 1.807) is 0 Å². The molecule has 61 heavy (non-hydrogen) atoms. The Balaban J connectivity index is 1.00. The van der Waals surface area contributed by atoms with Crippen LogP contribution < -0.4 is 4.90 Å². The number of para-hydroxylation sites is 2. The van der Waals surface area contributed by atoms with Gasteiger partial charge in [0.2, 0.25) is 0 Å². The van der Waals surface area contributed by atoms with Crippen LogP contribution in [0.15, 0.2) is 231 Å². The first-order chi connectivity index (χ1) is 30.2. The van der Waals surface area contributed by atoms with E-state index in [2.05, 4.69) is 240 Å². The standard InChI is InChI=1S/C58H38N2S/c1-3-15-39(16-4-1)40-29-32-46(33-30-40)59(56-38-53-50-25-10-12-28-57(50)61-58(53)51-26-8-7-23-48(51)56)47-22-14-19-43(36-47)41-17-13-18-42(35-41)44-31-34-55-52(37-44)49-24-9-11-27-54(49)60(55)45-20-5-2-6-21-45/h1-38H. The molecule has 2 nitrogen and oxygen atoms in total. The molecule has 0 amide bonds. The average Bonchev–Trinajstić information content (AvgIpc) is 3.88. The molecule has 2 heterocycles. The maximum Gasteiger partial charge on any atom is 0.0547 e. The topological polar surface area (TPSA) is 8.17 Å². The molecule has 0 aliphatic carbocycles. The molecule has 0 aliphatic rings. The number of nitrogens with zero attached hydrogens (tertiary/aromatic N) is 2. The summed E-state index contributed by atoms with van der Waals surface area (Å²) >= 11 is 1.88. The van der Waals surface area contributed by atoms with Crippen LogP contribution in [0.4, 0.5) is 17.1 Å². The highest BCUT2D eigenvalue weighted by Gasteiger charge is 2.20. The zero-order valence-corrected chi connectivity index (χ0v) is 34.1. The van der Waals surface area contributed by atoms with Crippen LogP contribution in [0.2, 0.25) is 0 Å². The summed E-state index contributed by atoms with van der Waals surface area (Å²) in [5, 5.41) is 7.58. The van der Waals surface area contributed by atoms with Gasteiger partial charge in [0, 0.05) is 58.8 Å². The molecular weight excluding hydrogens is 757 g/mol. The molecule has 0 fully saturated rings. The molecule has 2 aromatic heterocycles. The zero-order valence-electron chi connectivity index (χ0n) is 33.2. The fourth-order valence-electron chi connectivity index (χ4n) is 9.28. The van der Waals surface area contributed by atoms with Crippen molar-refractivity contribution in [1.29, 1.82) is 0 Å². The summed E-state index contributed by atoms with van der Waals surface area (Å²) in [6.45, 7) is 0. The molecule has 0 N–H and O–H groups in total. The lowest BCUT2D eigenvalue weighted by atomic mass is 9.97. The highest BCUT2D eigenvalue weighted by molar-refractivity contribution is 7.26. The number of thiophene rings is 1. The van der Waals surface area contributed by atoms with Gasteiger partial charge in [0.15, 0.2) is 0 Å². The lowest BCUT2D eigenvalue weighted by molar-refractivity contribution is 1.18. The second kappa shape index (κ2) is 14.5. The van der Waals surface area contributed by atoms with Crippen LogP contribution in [0.1, 0.15) is 0 Å². The summed E-state index contributed by atoms with van der Waals surface area (Å²) in [5.74, 6) is 0. The first kappa shape index (κ1) is 35.2. The van der Waals surface area contributed by atoms with Gasteiger partial charge in [-0.2, -0.15) is 0 Å². The van der Waals surface area contributed by atoms with E-state index in [-0.39, 0.29) is 0 Å². The van der Waals surface area contributed by atoms with E-state index >= 15 is 0 Å². The van der Waals surface area contributed by atoms with Crippen LogP contribution in [0, 0.1) is 0 Å². The van der Waals surface area contributed by atoms with Gasteiger partial charge in [-0.05, 0) is 106 Å². The van der Waals surface area contributed by atoms with Gasteiger partial charge in [-0.15, -0.1) is 11.3 Å². The zero-order chi connectivity index (χ0) is 40.3. The Bertz CT molecular complexity index is 3580. The lowest BCUT2D eigenvalue weighted by Crippen LogP contribution is -2.10. The summed E-state index contributed by atoms with van der Waals surface area (Å²) in [6, 6.07) is 84.1. The largest absolute Gasteiger partial charge is 0.310 e. The average molecular weight is 795 g/mol. The van der Waals surface area contributed by atoms with E-state index in [4.69, 9.17) is 0 Å². The van der Waals surface area contributed by atoms with Gasteiger partial charge in [-0.1, -0.05) is 158 Å². The molecule has 0 radical (unpaired) electrons. The molecule has 0 saturated heterocycles. The Morgan fingerprint density at radius 3 is 1.66 bits per heavy atom. The maximum atomic E-state index is 2.45. The first-order valence-electron chi connectivity index (χ1n) is 20.8. The minimum absolute atomic E-state index is 1.11. The summed E-state index contributed by atoms with van der Waals surface area (Å²) in [5.41, 5.74) is 14.1. The van der Waals surface area contributed by atoms with Crippen LogP contribution in [-0.2, 0) is 0 Å². The van der Waals surface area contributed by atoms with E-state index in [9.17, 15) is 0 Å². The van der Waals surface area contributed by atoms with E-state index in [1.165, 1.54) is 91.8 Å². The van der Waals surface area contributed by atoms with Gasteiger partial charge >= 0.3 is 0 Å². The number of rotatable bonds is 7. The van der Waals surface area contributed by atoms with Gasteiger partial charge in [-0.25, -0.2) is 0 Å². The van der Waals surface area contributed by atoms with Crippen LogP contribution in [0.3, 0.4) is 0 Å². The van der Waals surface area contributed by atoms with Crippen molar-refractivity contribution in [2.24, 2.45) is 0 Å². The minimum atomic E-state index is 1.11. The molecule has 0 unspecified atom stereocenters. The smallest absolute Gasteiger partial charge is 0.0547 e. The Kier molecular flexibility index (Phi) is 8.39. The van der Waals surface area contributed by atoms with Crippen LogP contribution in [0.5, 0.6) is 0 Å². The van der Waals surface area contributed by atoms with Gasteiger partial charge in [-0.3, -0.25) is 0 Å². The van der Waals surface area contributed by atoms with Crippen molar-refractivity contribution < 1.29 is 0 Å². The minimum Gasteiger partial charge on any atom is -0.310 e. The fraction of sp³-hybridized carbons (Fsp3) is 0. The number of aromatic nitrogens is 1. The van der Waals surface area contributed by atoms with Crippen molar-refractivity contribution in [2.75, 3.05) is 4.90 Å². The van der Waals surface area contributed by atoms with E-state index < -0.39 is 0 Å². The highest BCUT2D eigenvalue weighted by atomic mass is 32.1. The third-order valence-corrected chi connectivity index (χ3v) is 13.4. The predicted molar refractivity (Wildman–Crippen MR) is 262 cm³/mol. The number of benzene rings is 10. The third-order valence-electron chi connectivity index (χ3n) is 12.2. The lowest BCUT2D eigenvalue weighted by Gasteiger charge is -2.28. The number of fused-ring (bicyclic) bond motifs is 8. The maximum absolute atomic E-state index is 2.45. The van der Waals surface area contributed by atoms with Crippen molar-refractivity contribution in [1.82, 2.24) is 4.57 Å². The van der Waals surface area contributed by atoms with E-state index in [1.807, 2.05) is 11.3 Å². The number of anilines is 3. The molecular formula is C58H38N2S. The van der Waals surface area contributed by atoms with Gasteiger partial charge in [0.25, 0.3) is 0 Å². The second-order valence-electron chi connectivity index (χ2n) is 15.7. The molecule has 0 atom stereocenters. The van der Waals surface area contributed by atoms with E-state index in [0.717, 1.165) is 17.1 Å². The fourth-order valence-corrected chi connectivity index (χ4v) is 10.5. The molecule has 12 aromatic rings. The Hall–Kier alpha value is -7.72. The van der Waals surface area contributed by atoms with Crippen molar-refractivity contribution >= 4 is 81.1 Å². The second-order valence-corrected chi connectivity index (χ2v) is 16.8. The van der Waals surface area contributed by atoms with Crippen LogP contribution in [0.25, 0.3) is 91.8 Å². The van der Waals surface area contributed by atoms with E-state index in [0.29, 0.717) is 0 Å². The number of hydrogen-bond acceptors (Lipinski definition) is 2. The van der Waals surface area contributed by atoms with Gasteiger partial charge in [0.1, 0.15) is 0 Å². The monoisotopic (exact) mass is 794 g/mol. The van der Waals surface area contributed by atoms with Crippen molar-refractivity contribution in [3.63, 3.8) is 0 Å². The first-order valence-corrected chi connectivity index (χ1v) is 21.6. The van der Waals surface area contributed by atoms with Crippen molar-refractivity contribution in [3.8, 4) is 39.1 Å². The SMILES string of the molecule is c1ccc(-c2ccc(N(c3cccc(-c4cccc(-c5ccc6c(c5)c5ccccc5n6-c5ccccc5)c4)c3)c3cc4c5ccccc5sc4c4ccccc34)cc2)cc1. The molecule has 12 rings (SSSR count). The van der Waals surface area contributed by atoms with Crippen LogP contribution >= 0.6 is 11.3 Å². The molecule has 10 aromatic carbocycles. The van der Waals surface area contributed by atoms with Gasteiger partial charge < -0.3 is 9.47 Å². The molecule has 3 heteroatoms. The third kappa shape index (κ3) is 6.01. The van der Waals surface area contributed by atoms with Crippen LogP contribution in [-0.4, -0.2) is 4.57 Å². The summed E-state index contributed by atoms with van der Waals surface area (Å²) in [6.07, 6.45) is 0. The summed E-state index contributed by atoms with van der Waals surface area (Å²) in [7, 11) is 0. The molecule has 286 valence electrons. The van der Waals surface area contributed by atoms with Gasteiger partial charge in [0.05, 0.1) is 16.7 Å². The number of hydrogen-bond donors (Lipinski definition) is 0. The molecule has 0 saturated carbocycles. The predicted octanol–water partition coefficient (Wildman–Crippen LogP) is 16.8. The summed E-state index contributed by atoms with van der Waals surface area (Å²) in [4.78, 5) is 2.45. The Morgan fingerprint density at radius 2 is 0.869 bits per heavy atom.